The second kappa shape index (κ2) is 4.73. The summed E-state index contributed by atoms with van der Waals surface area (Å²) in [6.45, 7) is 0.612. The van der Waals surface area contributed by atoms with Crippen LogP contribution in [0.1, 0.15) is 35.6 Å². The van der Waals surface area contributed by atoms with E-state index in [1.807, 2.05) is 16.9 Å². The second-order valence-corrected chi connectivity index (χ2v) is 5.02. The molecule has 1 heterocycles. The standard InChI is InChI=1S/C14H14ClFN2/c15-7-12-8-17-18(14(12)11-4-5-11)9-10-2-1-3-13(16)6-10/h1-3,6,8,11H,4-5,7,9H2. The molecule has 0 bridgehead atoms. The van der Waals surface area contributed by atoms with Gasteiger partial charge in [-0.05, 0) is 30.5 Å². The van der Waals surface area contributed by atoms with Gasteiger partial charge in [-0.3, -0.25) is 4.68 Å². The van der Waals surface area contributed by atoms with Crippen molar-refractivity contribution in [2.45, 2.75) is 31.2 Å². The quantitative estimate of drug-likeness (QED) is 0.770. The van der Waals surface area contributed by atoms with Gasteiger partial charge < -0.3 is 0 Å². The summed E-state index contributed by atoms with van der Waals surface area (Å²) in [5.74, 6) is 0.884. The Hall–Kier alpha value is -1.35. The zero-order chi connectivity index (χ0) is 12.5. The summed E-state index contributed by atoms with van der Waals surface area (Å²) in [6, 6.07) is 6.66. The minimum absolute atomic E-state index is 0.204. The Labute approximate surface area is 110 Å². The van der Waals surface area contributed by atoms with Gasteiger partial charge in [0.1, 0.15) is 5.82 Å². The van der Waals surface area contributed by atoms with Gasteiger partial charge in [-0.15, -0.1) is 11.6 Å². The van der Waals surface area contributed by atoms with Crippen LogP contribution in [-0.4, -0.2) is 9.78 Å². The molecule has 1 aliphatic rings. The molecule has 1 saturated carbocycles. The molecule has 0 radical (unpaired) electrons. The van der Waals surface area contributed by atoms with Crippen molar-refractivity contribution in [3.8, 4) is 0 Å². The summed E-state index contributed by atoms with van der Waals surface area (Å²) in [5.41, 5.74) is 3.27. The SMILES string of the molecule is Fc1cccc(Cn2ncc(CCl)c2C2CC2)c1. The van der Waals surface area contributed by atoms with Crippen molar-refractivity contribution < 1.29 is 4.39 Å². The molecule has 1 aliphatic carbocycles. The first kappa shape index (κ1) is 11.7. The fraction of sp³-hybridized carbons (Fsp3) is 0.357. The molecular formula is C14H14ClFN2. The molecule has 2 aromatic rings. The largest absolute Gasteiger partial charge is 0.265 e. The van der Waals surface area contributed by atoms with Gasteiger partial charge in [-0.25, -0.2) is 4.39 Å². The molecule has 4 heteroatoms. The molecule has 0 unspecified atom stereocenters. The Morgan fingerprint density at radius 3 is 2.89 bits per heavy atom. The Morgan fingerprint density at radius 1 is 1.39 bits per heavy atom. The molecule has 0 N–H and O–H groups in total. The molecule has 1 aromatic carbocycles. The van der Waals surface area contributed by atoms with Gasteiger partial charge in [0.25, 0.3) is 0 Å². The van der Waals surface area contributed by atoms with Gasteiger partial charge >= 0.3 is 0 Å². The third kappa shape index (κ3) is 2.27. The van der Waals surface area contributed by atoms with Gasteiger partial charge in [0, 0.05) is 17.2 Å². The van der Waals surface area contributed by atoms with Gasteiger partial charge in [-0.2, -0.15) is 5.10 Å². The lowest BCUT2D eigenvalue weighted by atomic mass is 10.2. The highest BCUT2D eigenvalue weighted by atomic mass is 35.5. The first-order chi connectivity index (χ1) is 8.78. The van der Waals surface area contributed by atoms with Crippen LogP contribution in [0.5, 0.6) is 0 Å². The van der Waals surface area contributed by atoms with Crippen LogP contribution in [0.2, 0.25) is 0 Å². The average Bonchev–Trinajstić information content (AvgIpc) is 3.11. The molecule has 1 aromatic heterocycles. The summed E-state index contributed by atoms with van der Waals surface area (Å²) in [4.78, 5) is 0. The number of halogens is 2. The molecule has 18 heavy (non-hydrogen) atoms. The molecule has 0 aliphatic heterocycles. The number of aromatic nitrogens is 2. The van der Waals surface area contributed by atoms with E-state index in [1.54, 1.807) is 12.1 Å². The summed E-state index contributed by atoms with van der Waals surface area (Å²) in [5, 5.41) is 4.38. The maximum atomic E-state index is 13.2. The van der Waals surface area contributed by atoms with Gasteiger partial charge in [-0.1, -0.05) is 12.1 Å². The Kier molecular flexibility index (Phi) is 3.08. The molecule has 94 valence electrons. The molecule has 0 amide bonds. The highest BCUT2D eigenvalue weighted by molar-refractivity contribution is 6.17. The third-order valence-electron chi connectivity index (χ3n) is 3.29. The monoisotopic (exact) mass is 264 g/mol. The Bertz CT molecular complexity index is 561. The number of rotatable bonds is 4. The average molecular weight is 265 g/mol. The van der Waals surface area contributed by atoms with E-state index in [0.717, 1.165) is 11.1 Å². The van der Waals surface area contributed by atoms with Crippen LogP contribution in [-0.2, 0) is 12.4 Å². The van der Waals surface area contributed by atoms with E-state index in [9.17, 15) is 4.39 Å². The van der Waals surface area contributed by atoms with Crippen LogP contribution in [0.25, 0.3) is 0 Å². The maximum absolute atomic E-state index is 13.2. The van der Waals surface area contributed by atoms with Crippen molar-refractivity contribution in [1.82, 2.24) is 9.78 Å². The Balaban J connectivity index is 1.90. The normalized spacial score (nSPS) is 15.0. The lowest BCUT2D eigenvalue weighted by molar-refractivity contribution is 0.613. The van der Waals surface area contributed by atoms with Crippen molar-refractivity contribution in [3.63, 3.8) is 0 Å². The van der Waals surface area contributed by atoms with Crippen LogP contribution < -0.4 is 0 Å². The van der Waals surface area contributed by atoms with E-state index in [1.165, 1.54) is 24.6 Å². The molecule has 1 fully saturated rings. The lowest BCUT2D eigenvalue weighted by Crippen LogP contribution is -2.06. The summed E-state index contributed by atoms with van der Waals surface area (Å²) < 4.78 is 15.1. The van der Waals surface area contributed by atoms with Crippen LogP contribution in [0, 0.1) is 5.82 Å². The number of nitrogens with zero attached hydrogens (tertiary/aromatic N) is 2. The van der Waals surface area contributed by atoms with E-state index in [4.69, 9.17) is 11.6 Å². The lowest BCUT2D eigenvalue weighted by Gasteiger charge is -2.08. The second-order valence-electron chi connectivity index (χ2n) is 4.75. The minimum Gasteiger partial charge on any atom is -0.265 e. The van der Waals surface area contributed by atoms with Crippen molar-refractivity contribution in [1.29, 1.82) is 0 Å². The summed E-state index contributed by atoms with van der Waals surface area (Å²) in [6.07, 6.45) is 4.25. The van der Waals surface area contributed by atoms with Gasteiger partial charge in [0.05, 0.1) is 18.6 Å². The van der Waals surface area contributed by atoms with Crippen molar-refractivity contribution in [2.24, 2.45) is 0 Å². The highest BCUT2D eigenvalue weighted by Gasteiger charge is 2.29. The molecule has 0 saturated heterocycles. The maximum Gasteiger partial charge on any atom is 0.123 e. The Morgan fingerprint density at radius 2 is 2.22 bits per heavy atom. The van der Waals surface area contributed by atoms with Gasteiger partial charge in [0.15, 0.2) is 0 Å². The van der Waals surface area contributed by atoms with Gasteiger partial charge in [0.2, 0.25) is 0 Å². The van der Waals surface area contributed by atoms with Crippen LogP contribution >= 0.6 is 11.6 Å². The molecule has 0 spiro atoms. The first-order valence-corrected chi connectivity index (χ1v) is 6.66. The van der Waals surface area contributed by atoms with Crippen molar-refractivity contribution in [2.75, 3.05) is 0 Å². The van der Waals surface area contributed by atoms with Crippen LogP contribution in [0.3, 0.4) is 0 Å². The number of hydrogen-bond acceptors (Lipinski definition) is 1. The van der Waals surface area contributed by atoms with Crippen molar-refractivity contribution in [3.05, 3.63) is 53.1 Å². The van der Waals surface area contributed by atoms with Crippen LogP contribution in [0.4, 0.5) is 4.39 Å². The smallest absolute Gasteiger partial charge is 0.123 e. The topological polar surface area (TPSA) is 17.8 Å². The van der Waals surface area contributed by atoms with Crippen molar-refractivity contribution >= 4 is 11.6 Å². The highest BCUT2D eigenvalue weighted by Crippen LogP contribution is 2.42. The fourth-order valence-electron chi connectivity index (χ4n) is 2.30. The predicted octanol–water partition coefficient (Wildman–Crippen LogP) is 3.69. The van der Waals surface area contributed by atoms with E-state index in [2.05, 4.69) is 5.10 Å². The fourth-order valence-corrected chi connectivity index (χ4v) is 2.51. The summed E-state index contributed by atoms with van der Waals surface area (Å²) >= 11 is 5.93. The minimum atomic E-state index is -0.204. The molecular weight excluding hydrogens is 251 g/mol. The van der Waals surface area contributed by atoms with E-state index in [0.29, 0.717) is 18.3 Å². The van der Waals surface area contributed by atoms with E-state index < -0.39 is 0 Å². The molecule has 3 rings (SSSR count). The van der Waals surface area contributed by atoms with E-state index in [-0.39, 0.29) is 5.82 Å². The zero-order valence-corrected chi connectivity index (χ0v) is 10.7. The zero-order valence-electron chi connectivity index (χ0n) is 9.94. The third-order valence-corrected chi connectivity index (χ3v) is 3.58. The molecule has 0 atom stereocenters. The molecule has 2 nitrogen and oxygen atoms in total. The van der Waals surface area contributed by atoms with Crippen LogP contribution in [0.15, 0.2) is 30.5 Å². The predicted molar refractivity (Wildman–Crippen MR) is 69.3 cm³/mol. The number of benzene rings is 1. The van der Waals surface area contributed by atoms with E-state index >= 15 is 0 Å². The first-order valence-electron chi connectivity index (χ1n) is 6.13. The number of alkyl halides is 1. The summed E-state index contributed by atoms with van der Waals surface area (Å²) in [7, 11) is 0. The number of hydrogen-bond donors (Lipinski definition) is 0.